The quantitative estimate of drug-likeness (QED) is 0.125. The molecule has 7 aromatic carbocycles. The average molecular weight is 673 g/mol. The molecule has 0 bridgehead atoms. The first kappa shape index (κ1) is 31.7. The van der Waals surface area contributed by atoms with Crippen LogP contribution in [-0.4, -0.2) is 10.4 Å². The fourth-order valence-corrected chi connectivity index (χ4v) is 8.14. The highest BCUT2D eigenvalue weighted by atomic mass is 15.2. The second kappa shape index (κ2) is 12.8. The molecule has 0 spiro atoms. The zero-order chi connectivity index (χ0) is 35.2. The fourth-order valence-electron chi connectivity index (χ4n) is 8.14. The first-order chi connectivity index (χ1) is 25.5. The van der Waals surface area contributed by atoms with Crippen molar-refractivity contribution in [1.29, 1.82) is 0 Å². The van der Waals surface area contributed by atoms with Crippen LogP contribution in [0.1, 0.15) is 42.3 Å². The van der Waals surface area contributed by atoms with E-state index in [2.05, 4.69) is 163 Å². The van der Waals surface area contributed by atoms with Crippen LogP contribution >= 0.6 is 0 Å². The zero-order valence-electron chi connectivity index (χ0n) is 29.4. The standard InChI is InChI=1S/C48H40N4/c1-48(2)41-24-14-12-23-40(41)44-42(48)27-26-39-38-22-13-15-25-43(38)52(45(39)44)31-50-47(51-46(49)34-20-10-5-11-21-34)37-29-35(32-16-6-3-7-17-32)28-36(30-37)33-18-8-4-9-19-33/h3-30,47,50H,31H2,1-2H3,(H2,49,51). The third kappa shape index (κ3) is 5.40. The predicted octanol–water partition coefficient (Wildman–Crippen LogP) is 11.1. The number of hydrogen-bond acceptors (Lipinski definition) is 2. The van der Waals surface area contributed by atoms with Gasteiger partial charge in [0, 0.05) is 27.3 Å². The maximum atomic E-state index is 6.82. The van der Waals surface area contributed by atoms with Gasteiger partial charge in [-0.25, -0.2) is 4.99 Å². The van der Waals surface area contributed by atoms with Crippen LogP contribution in [0.4, 0.5) is 0 Å². The van der Waals surface area contributed by atoms with Crippen LogP contribution in [0.5, 0.6) is 0 Å². The molecule has 9 rings (SSSR count). The van der Waals surface area contributed by atoms with Crippen LogP contribution in [0.2, 0.25) is 0 Å². The second-order valence-electron chi connectivity index (χ2n) is 14.2. The molecule has 8 aromatic rings. The van der Waals surface area contributed by atoms with E-state index in [0.717, 1.165) is 33.4 Å². The van der Waals surface area contributed by atoms with E-state index < -0.39 is 6.17 Å². The van der Waals surface area contributed by atoms with Crippen molar-refractivity contribution in [3.63, 3.8) is 0 Å². The minimum absolute atomic E-state index is 0.0997. The van der Waals surface area contributed by atoms with Crippen molar-refractivity contribution in [2.75, 3.05) is 0 Å². The summed E-state index contributed by atoms with van der Waals surface area (Å²) < 4.78 is 2.45. The lowest BCUT2D eigenvalue weighted by Crippen LogP contribution is -2.26. The fraction of sp³-hybridized carbons (Fsp3) is 0.104. The average Bonchev–Trinajstić information content (AvgIpc) is 3.65. The van der Waals surface area contributed by atoms with Gasteiger partial charge in [0.2, 0.25) is 0 Å². The number of para-hydroxylation sites is 1. The summed E-state index contributed by atoms with van der Waals surface area (Å²) >= 11 is 0. The van der Waals surface area contributed by atoms with Crippen LogP contribution in [0.3, 0.4) is 0 Å². The molecule has 3 N–H and O–H groups in total. The number of aliphatic imine (C=N–C) groups is 1. The molecule has 4 heteroatoms. The lowest BCUT2D eigenvalue weighted by Gasteiger charge is -2.22. The number of benzene rings is 7. The number of aromatic nitrogens is 1. The van der Waals surface area contributed by atoms with E-state index in [4.69, 9.17) is 10.7 Å². The van der Waals surface area contributed by atoms with Crippen LogP contribution < -0.4 is 11.1 Å². The lowest BCUT2D eigenvalue weighted by atomic mass is 9.82. The van der Waals surface area contributed by atoms with Gasteiger partial charge < -0.3 is 10.3 Å². The van der Waals surface area contributed by atoms with E-state index in [1.807, 2.05) is 30.3 Å². The summed E-state index contributed by atoms with van der Waals surface area (Å²) in [5.74, 6) is 0.489. The van der Waals surface area contributed by atoms with Crippen molar-refractivity contribution in [2.24, 2.45) is 10.7 Å². The molecule has 0 fully saturated rings. The Morgan fingerprint density at radius 3 is 1.90 bits per heavy atom. The van der Waals surface area contributed by atoms with Crippen molar-refractivity contribution in [2.45, 2.75) is 32.1 Å². The number of amidine groups is 1. The van der Waals surface area contributed by atoms with Gasteiger partial charge in [0.25, 0.3) is 0 Å². The van der Waals surface area contributed by atoms with Crippen LogP contribution in [0.15, 0.2) is 175 Å². The minimum atomic E-state index is -0.442. The summed E-state index contributed by atoms with van der Waals surface area (Å²) in [7, 11) is 0. The Hall–Kier alpha value is -6.23. The number of fused-ring (bicyclic) bond motifs is 7. The summed E-state index contributed by atoms with van der Waals surface area (Å²) in [6.45, 7) is 5.21. The summed E-state index contributed by atoms with van der Waals surface area (Å²) in [5, 5.41) is 6.41. The number of nitrogens with two attached hydrogens (primary N) is 1. The van der Waals surface area contributed by atoms with E-state index in [9.17, 15) is 0 Å². The number of rotatable bonds is 8. The zero-order valence-corrected chi connectivity index (χ0v) is 29.4. The molecule has 0 radical (unpaired) electrons. The molecule has 52 heavy (non-hydrogen) atoms. The van der Waals surface area contributed by atoms with Gasteiger partial charge in [-0.1, -0.05) is 159 Å². The molecule has 1 atom stereocenters. The molecule has 1 aliphatic carbocycles. The molecular formula is C48H40N4. The molecule has 0 saturated heterocycles. The highest BCUT2D eigenvalue weighted by molar-refractivity contribution is 6.14. The Morgan fingerprint density at radius 2 is 1.21 bits per heavy atom. The first-order valence-corrected chi connectivity index (χ1v) is 18.0. The van der Waals surface area contributed by atoms with Crippen molar-refractivity contribution in [3.05, 3.63) is 192 Å². The highest BCUT2D eigenvalue weighted by Gasteiger charge is 2.37. The van der Waals surface area contributed by atoms with E-state index in [0.29, 0.717) is 12.5 Å². The topological polar surface area (TPSA) is 55.3 Å². The van der Waals surface area contributed by atoms with E-state index in [-0.39, 0.29) is 5.41 Å². The van der Waals surface area contributed by atoms with Gasteiger partial charge in [-0.15, -0.1) is 0 Å². The normalized spacial score (nSPS) is 14.0. The molecule has 1 heterocycles. The van der Waals surface area contributed by atoms with Gasteiger partial charge >= 0.3 is 0 Å². The van der Waals surface area contributed by atoms with Gasteiger partial charge in [-0.3, -0.25) is 5.32 Å². The molecule has 252 valence electrons. The molecule has 4 nitrogen and oxygen atoms in total. The van der Waals surface area contributed by atoms with Gasteiger partial charge in [0.1, 0.15) is 12.0 Å². The Balaban J connectivity index is 1.23. The van der Waals surface area contributed by atoms with Crippen LogP contribution in [-0.2, 0) is 12.1 Å². The molecule has 0 aliphatic heterocycles. The maximum absolute atomic E-state index is 6.82. The number of nitrogens with one attached hydrogen (secondary N) is 1. The summed E-state index contributed by atoms with van der Waals surface area (Å²) in [6, 6.07) is 60.2. The SMILES string of the molecule is CC1(C)c2ccccc2-c2c1ccc1c3ccccc3n(CNC(N=C(N)c3ccccc3)c3cc(-c4ccccc4)cc(-c4ccccc4)c3)c21. The van der Waals surface area contributed by atoms with Gasteiger partial charge in [0.15, 0.2) is 0 Å². The van der Waals surface area contributed by atoms with Gasteiger partial charge in [-0.2, -0.15) is 0 Å². The van der Waals surface area contributed by atoms with Crippen molar-refractivity contribution >= 4 is 27.6 Å². The smallest absolute Gasteiger partial charge is 0.129 e. The van der Waals surface area contributed by atoms with Crippen molar-refractivity contribution < 1.29 is 0 Å². The minimum Gasteiger partial charge on any atom is -0.383 e. The Kier molecular flexibility index (Phi) is 7.83. The van der Waals surface area contributed by atoms with E-state index >= 15 is 0 Å². The summed E-state index contributed by atoms with van der Waals surface area (Å²) in [4.78, 5) is 5.25. The van der Waals surface area contributed by atoms with Crippen molar-refractivity contribution in [1.82, 2.24) is 9.88 Å². The first-order valence-electron chi connectivity index (χ1n) is 18.0. The molecule has 0 amide bonds. The van der Waals surface area contributed by atoms with Crippen LogP contribution in [0.25, 0.3) is 55.2 Å². The molecule has 1 aromatic heterocycles. The Morgan fingerprint density at radius 1 is 0.615 bits per heavy atom. The van der Waals surface area contributed by atoms with Crippen molar-refractivity contribution in [3.8, 4) is 33.4 Å². The maximum Gasteiger partial charge on any atom is 0.129 e. The van der Waals surface area contributed by atoms with Gasteiger partial charge in [-0.05, 0) is 68.8 Å². The highest BCUT2D eigenvalue weighted by Crippen LogP contribution is 2.52. The molecule has 1 aliphatic rings. The number of hydrogen-bond donors (Lipinski definition) is 2. The molecule has 0 saturated carbocycles. The van der Waals surface area contributed by atoms with E-state index in [1.54, 1.807) is 0 Å². The Bertz CT molecular complexity index is 2540. The Labute approximate surface area is 304 Å². The third-order valence-corrected chi connectivity index (χ3v) is 10.7. The van der Waals surface area contributed by atoms with Crippen LogP contribution in [0, 0.1) is 0 Å². The second-order valence-corrected chi connectivity index (χ2v) is 14.2. The number of nitrogens with zero attached hydrogens (tertiary/aromatic N) is 2. The lowest BCUT2D eigenvalue weighted by molar-refractivity contribution is 0.491. The van der Waals surface area contributed by atoms with Gasteiger partial charge in [0.05, 0.1) is 17.7 Å². The summed E-state index contributed by atoms with van der Waals surface area (Å²) in [5.41, 5.74) is 21.0. The predicted molar refractivity (Wildman–Crippen MR) is 217 cm³/mol. The van der Waals surface area contributed by atoms with E-state index in [1.165, 1.54) is 44.1 Å². The summed E-state index contributed by atoms with van der Waals surface area (Å²) in [6.07, 6.45) is -0.442. The third-order valence-electron chi connectivity index (χ3n) is 10.7. The molecular weight excluding hydrogens is 633 g/mol. The monoisotopic (exact) mass is 672 g/mol. The molecule has 1 unspecified atom stereocenters. The largest absolute Gasteiger partial charge is 0.383 e.